The monoisotopic (exact) mass is 499 g/mol. The fraction of sp³-hybridized carbons (Fsp3) is 0.290. The number of anilines is 1. The van der Waals surface area contributed by atoms with Gasteiger partial charge in [-0.25, -0.2) is 0 Å². The molecule has 3 aromatic rings. The predicted molar refractivity (Wildman–Crippen MR) is 145 cm³/mol. The van der Waals surface area contributed by atoms with Crippen molar-refractivity contribution in [2.45, 2.75) is 46.1 Å². The number of hydrogen-bond acceptors (Lipinski definition) is 5. The zero-order valence-corrected chi connectivity index (χ0v) is 21.9. The van der Waals surface area contributed by atoms with Crippen molar-refractivity contribution in [3.63, 3.8) is 0 Å². The number of aryl methyl sites for hydroxylation is 1. The number of carbonyl (C=O) groups excluding carboxylic acids is 2. The van der Waals surface area contributed by atoms with E-state index in [0.29, 0.717) is 29.4 Å². The maximum absolute atomic E-state index is 13.5. The largest absolute Gasteiger partial charge is 0.507 e. The molecule has 6 heteroatoms. The summed E-state index contributed by atoms with van der Waals surface area (Å²) >= 11 is 0. The SMILES string of the molecule is CCCOc1cccc(N2C(=O)C(=O)/C(=C(/O)c3cc(C(C)C)c(OC)cc3C)C2c2ccccc2)c1. The summed E-state index contributed by atoms with van der Waals surface area (Å²) < 4.78 is 11.3. The molecule has 0 bridgehead atoms. The number of aliphatic hydroxyl groups excluding tert-OH is 1. The Morgan fingerprint density at radius 2 is 1.76 bits per heavy atom. The topological polar surface area (TPSA) is 76.1 Å². The molecule has 6 nitrogen and oxygen atoms in total. The first-order valence-electron chi connectivity index (χ1n) is 12.6. The maximum Gasteiger partial charge on any atom is 0.300 e. The molecule has 1 saturated heterocycles. The van der Waals surface area contributed by atoms with Crippen LogP contribution in [0.25, 0.3) is 5.76 Å². The second-order valence-corrected chi connectivity index (χ2v) is 9.49. The van der Waals surface area contributed by atoms with E-state index in [0.717, 1.165) is 23.1 Å². The average molecular weight is 500 g/mol. The van der Waals surface area contributed by atoms with Crippen LogP contribution in [-0.4, -0.2) is 30.5 Å². The van der Waals surface area contributed by atoms with Gasteiger partial charge in [-0.15, -0.1) is 0 Å². The number of methoxy groups -OCH3 is 1. The van der Waals surface area contributed by atoms with Crippen molar-refractivity contribution in [2.75, 3.05) is 18.6 Å². The van der Waals surface area contributed by atoms with Crippen LogP contribution in [0.2, 0.25) is 0 Å². The minimum atomic E-state index is -0.799. The third kappa shape index (κ3) is 4.96. The van der Waals surface area contributed by atoms with Crippen molar-refractivity contribution < 1.29 is 24.2 Å². The first-order chi connectivity index (χ1) is 17.8. The van der Waals surface area contributed by atoms with Gasteiger partial charge < -0.3 is 14.6 Å². The second kappa shape index (κ2) is 10.9. The Balaban J connectivity index is 1.93. The fourth-order valence-electron chi connectivity index (χ4n) is 4.72. The van der Waals surface area contributed by atoms with Crippen LogP contribution in [0.15, 0.2) is 72.3 Å². The lowest BCUT2D eigenvalue weighted by Gasteiger charge is -2.26. The summed E-state index contributed by atoms with van der Waals surface area (Å²) in [6.07, 6.45) is 0.846. The highest BCUT2D eigenvalue weighted by Gasteiger charge is 2.47. The normalized spacial score (nSPS) is 16.9. The van der Waals surface area contributed by atoms with E-state index >= 15 is 0 Å². The van der Waals surface area contributed by atoms with E-state index in [1.807, 2.05) is 76.2 Å². The molecule has 1 unspecified atom stereocenters. The smallest absolute Gasteiger partial charge is 0.300 e. The van der Waals surface area contributed by atoms with Crippen molar-refractivity contribution in [1.29, 1.82) is 0 Å². The minimum absolute atomic E-state index is 0.0547. The predicted octanol–water partition coefficient (Wildman–Crippen LogP) is 6.54. The lowest BCUT2D eigenvalue weighted by molar-refractivity contribution is -0.132. The lowest BCUT2D eigenvalue weighted by atomic mass is 9.91. The van der Waals surface area contributed by atoms with E-state index in [4.69, 9.17) is 9.47 Å². The van der Waals surface area contributed by atoms with Crippen molar-refractivity contribution in [3.8, 4) is 11.5 Å². The first-order valence-corrected chi connectivity index (χ1v) is 12.6. The Morgan fingerprint density at radius 1 is 1.03 bits per heavy atom. The molecule has 192 valence electrons. The quantitative estimate of drug-likeness (QED) is 0.216. The van der Waals surface area contributed by atoms with Crippen LogP contribution >= 0.6 is 0 Å². The molecular formula is C31H33NO5. The molecule has 37 heavy (non-hydrogen) atoms. The van der Waals surface area contributed by atoms with Crippen molar-refractivity contribution in [2.24, 2.45) is 0 Å². The minimum Gasteiger partial charge on any atom is -0.507 e. The molecule has 0 spiro atoms. The summed E-state index contributed by atoms with van der Waals surface area (Å²) in [5.74, 6) is -0.171. The van der Waals surface area contributed by atoms with Gasteiger partial charge in [0.2, 0.25) is 0 Å². The summed E-state index contributed by atoms with van der Waals surface area (Å²) in [5, 5.41) is 11.6. The fourth-order valence-corrected chi connectivity index (χ4v) is 4.72. The van der Waals surface area contributed by atoms with E-state index in [9.17, 15) is 14.7 Å². The third-order valence-electron chi connectivity index (χ3n) is 6.58. The standard InChI is InChI=1S/C31H33NO5/c1-6-15-37-23-14-10-13-22(17-23)32-28(21-11-8-7-9-12-21)27(30(34)31(32)35)29(33)25-18-24(19(2)3)26(36-5)16-20(25)4/h7-14,16-19,28,33H,6,15H2,1-5H3/b29-27+. The number of hydrogen-bond donors (Lipinski definition) is 1. The van der Waals surface area contributed by atoms with Gasteiger partial charge in [0.25, 0.3) is 11.7 Å². The van der Waals surface area contributed by atoms with Gasteiger partial charge in [0.15, 0.2) is 0 Å². The van der Waals surface area contributed by atoms with E-state index in [1.165, 1.54) is 4.90 Å². The van der Waals surface area contributed by atoms with Gasteiger partial charge in [-0.1, -0.05) is 57.2 Å². The molecule has 1 amide bonds. The Hall–Kier alpha value is -4.06. The third-order valence-corrected chi connectivity index (χ3v) is 6.58. The zero-order chi connectivity index (χ0) is 26.7. The molecule has 0 saturated carbocycles. The number of amides is 1. The summed E-state index contributed by atoms with van der Waals surface area (Å²) in [4.78, 5) is 28.5. The summed E-state index contributed by atoms with van der Waals surface area (Å²) in [6.45, 7) is 8.48. The van der Waals surface area contributed by atoms with Crippen LogP contribution in [0.5, 0.6) is 11.5 Å². The number of nitrogens with zero attached hydrogens (tertiary/aromatic N) is 1. The highest BCUT2D eigenvalue weighted by Crippen LogP contribution is 2.44. The van der Waals surface area contributed by atoms with Gasteiger partial charge >= 0.3 is 0 Å². The number of Topliss-reactive ketones (excluding diaryl/α,β-unsaturated/α-hetero) is 1. The molecule has 1 aliphatic heterocycles. The van der Waals surface area contributed by atoms with Crippen molar-refractivity contribution in [3.05, 3.63) is 94.6 Å². The second-order valence-electron chi connectivity index (χ2n) is 9.49. The van der Waals surface area contributed by atoms with Gasteiger partial charge in [0.05, 0.1) is 25.3 Å². The Bertz CT molecular complexity index is 1340. The van der Waals surface area contributed by atoms with Crippen LogP contribution in [0.3, 0.4) is 0 Å². The highest BCUT2D eigenvalue weighted by atomic mass is 16.5. The molecule has 0 radical (unpaired) electrons. The van der Waals surface area contributed by atoms with Gasteiger partial charge in [-0.05, 0) is 60.2 Å². The average Bonchev–Trinajstić information content (AvgIpc) is 3.17. The van der Waals surface area contributed by atoms with Crippen LogP contribution in [0, 0.1) is 6.92 Å². The number of ether oxygens (including phenoxy) is 2. The molecule has 0 aromatic heterocycles. The molecule has 0 aliphatic carbocycles. The first kappa shape index (κ1) is 26.0. The van der Waals surface area contributed by atoms with Crippen LogP contribution in [0.1, 0.15) is 61.4 Å². The van der Waals surface area contributed by atoms with Gasteiger partial charge in [-0.2, -0.15) is 0 Å². The molecular weight excluding hydrogens is 466 g/mol. The molecule has 4 rings (SSSR count). The van der Waals surface area contributed by atoms with Crippen molar-refractivity contribution in [1.82, 2.24) is 0 Å². The van der Waals surface area contributed by atoms with Crippen molar-refractivity contribution >= 4 is 23.1 Å². The number of carbonyl (C=O) groups is 2. The Morgan fingerprint density at radius 3 is 2.41 bits per heavy atom. The Labute approximate surface area is 218 Å². The molecule has 1 aliphatic rings. The summed E-state index contributed by atoms with van der Waals surface area (Å²) in [6, 6.07) is 19.3. The van der Waals surface area contributed by atoms with Gasteiger partial charge in [0, 0.05) is 17.3 Å². The van der Waals surface area contributed by atoms with E-state index in [2.05, 4.69) is 0 Å². The number of ketones is 1. The van der Waals surface area contributed by atoms with Crippen LogP contribution in [0.4, 0.5) is 5.69 Å². The summed E-state index contributed by atoms with van der Waals surface area (Å²) in [5.41, 5.74) is 3.45. The Kier molecular flexibility index (Phi) is 7.67. The number of aliphatic hydroxyl groups is 1. The zero-order valence-electron chi connectivity index (χ0n) is 21.9. The highest BCUT2D eigenvalue weighted by molar-refractivity contribution is 6.51. The molecule has 3 aromatic carbocycles. The van der Waals surface area contributed by atoms with Crippen LogP contribution < -0.4 is 14.4 Å². The number of rotatable bonds is 8. The van der Waals surface area contributed by atoms with Gasteiger partial charge in [0.1, 0.15) is 17.3 Å². The van der Waals surface area contributed by atoms with E-state index in [-0.39, 0.29) is 17.3 Å². The van der Waals surface area contributed by atoms with E-state index < -0.39 is 17.7 Å². The van der Waals surface area contributed by atoms with Crippen LogP contribution in [-0.2, 0) is 9.59 Å². The lowest BCUT2D eigenvalue weighted by Crippen LogP contribution is -2.29. The maximum atomic E-state index is 13.5. The molecule has 1 N–H and O–H groups in total. The molecule has 1 fully saturated rings. The molecule has 1 atom stereocenters. The number of benzene rings is 3. The van der Waals surface area contributed by atoms with E-state index in [1.54, 1.807) is 25.3 Å². The molecule has 1 heterocycles. The van der Waals surface area contributed by atoms with Gasteiger partial charge in [-0.3, -0.25) is 14.5 Å². The summed E-state index contributed by atoms with van der Waals surface area (Å²) in [7, 11) is 1.61.